The van der Waals surface area contributed by atoms with E-state index in [9.17, 15) is 14.4 Å². The quantitative estimate of drug-likeness (QED) is 0.347. The molecule has 0 aliphatic rings. The summed E-state index contributed by atoms with van der Waals surface area (Å²) in [5.74, 6) is -2.67. The van der Waals surface area contributed by atoms with Gasteiger partial charge in [0, 0.05) is 11.1 Å². The van der Waals surface area contributed by atoms with Crippen molar-refractivity contribution in [3.63, 3.8) is 0 Å². The summed E-state index contributed by atoms with van der Waals surface area (Å²) in [5.41, 5.74) is 0.137. The Labute approximate surface area is 124 Å². The Hall–Kier alpha value is -2.15. The molecule has 0 amide bonds. The Morgan fingerprint density at radius 3 is 1.62 bits per heavy atom. The van der Waals surface area contributed by atoms with Gasteiger partial charge in [-0.3, -0.25) is 9.68 Å². The summed E-state index contributed by atoms with van der Waals surface area (Å²) in [4.78, 5) is 33.5. The molecule has 0 aromatic heterocycles. The Bertz CT molecular complexity index is 356. The maximum atomic E-state index is 10.2. The van der Waals surface area contributed by atoms with Crippen LogP contribution in [0.15, 0.2) is 24.3 Å². The topological polar surface area (TPSA) is 110 Å². The number of ether oxygens (including phenoxy) is 1. The number of carbonyl (C=O) groups excluding carboxylic acids is 2. The minimum atomic E-state index is -1.20. The molecular formula is C14H24O7. The molecule has 0 saturated heterocycles. The van der Waals surface area contributed by atoms with Crippen molar-refractivity contribution in [1.29, 1.82) is 0 Å². The standard InChI is InChI=1S/C5H6O5.C5H8O2.C4H10/c1-3(2-4(6)7)5(8)10-9;1-4(2)5(6)7-3;1-3-4-2/h9H,1-2H2,(H,6,7);1H2,2-3H3;3-4H2,1-2H3. The molecule has 0 aliphatic heterocycles. The van der Waals surface area contributed by atoms with Crippen molar-refractivity contribution in [3.05, 3.63) is 24.3 Å². The highest BCUT2D eigenvalue weighted by Gasteiger charge is 2.11. The normalized spacial score (nSPS) is 8.05. The summed E-state index contributed by atoms with van der Waals surface area (Å²) >= 11 is 0. The first-order valence-corrected chi connectivity index (χ1v) is 6.16. The predicted octanol–water partition coefficient (Wildman–Crippen LogP) is 2.58. The summed E-state index contributed by atoms with van der Waals surface area (Å²) in [6.45, 7) is 12.4. The largest absolute Gasteiger partial charge is 0.481 e. The van der Waals surface area contributed by atoms with Crippen LogP contribution in [-0.4, -0.2) is 35.4 Å². The third-order valence-corrected chi connectivity index (χ3v) is 1.77. The molecule has 0 atom stereocenters. The van der Waals surface area contributed by atoms with Gasteiger partial charge in [-0.1, -0.05) is 39.8 Å². The molecule has 0 radical (unpaired) electrons. The van der Waals surface area contributed by atoms with Crippen LogP contribution < -0.4 is 0 Å². The molecule has 0 rings (SSSR count). The third-order valence-electron chi connectivity index (χ3n) is 1.77. The fourth-order valence-electron chi connectivity index (χ4n) is 0.493. The van der Waals surface area contributed by atoms with E-state index < -0.39 is 18.4 Å². The Kier molecular flexibility index (Phi) is 18.1. The molecule has 0 fully saturated rings. The van der Waals surface area contributed by atoms with Crippen molar-refractivity contribution >= 4 is 17.9 Å². The first-order chi connectivity index (χ1) is 9.67. The van der Waals surface area contributed by atoms with Crippen molar-refractivity contribution in [2.24, 2.45) is 0 Å². The lowest BCUT2D eigenvalue weighted by Gasteiger charge is -1.95. The van der Waals surface area contributed by atoms with Gasteiger partial charge in [0.15, 0.2) is 0 Å². The summed E-state index contributed by atoms with van der Waals surface area (Å²) in [6, 6.07) is 0. The van der Waals surface area contributed by atoms with Crippen molar-refractivity contribution in [3.8, 4) is 0 Å². The molecule has 122 valence electrons. The zero-order valence-corrected chi connectivity index (χ0v) is 13.0. The molecule has 0 bridgehead atoms. The second-order valence-electron chi connectivity index (χ2n) is 3.82. The predicted molar refractivity (Wildman–Crippen MR) is 77.5 cm³/mol. The molecule has 0 unspecified atom stereocenters. The fourth-order valence-corrected chi connectivity index (χ4v) is 0.493. The van der Waals surface area contributed by atoms with Crippen LogP contribution in [0.5, 0.6) is 0 Å². The van der Waals surface area contributed by atoms with Crippen molar-refractivity contribution in [2.45, 2.75) is 40.0 Å². The highest BCUT2D eigenvalue weighted by Crippen LogP contribution is 1.98. The second-order valence-corrected chi connectivity index (χ2v) is 3.82. The summed E-state index contributed by atoms with van der Waals surface area (Å²) in [5, 5.41) is 15.8. The molecule has 0 aromatic rings. The average molecular weight is 304 g/mol. The zero-order valence-electron chi connectivity index (χ0n) is 13.0. The van der Waals surface area contributed by atoms with Crippen molar-refractivity contribution in [2.75, 3.05) is 7.11 Å². The van der Waals surface area contributed by atoms with Crippen LogP contribution in [0.2, 0.25) is 0 Å². The third kappa shape index (κ3) is 20.3. The van der Waals surface area contributed by atoms with E-state index in [-0.39, 0.29) is 11.5 Å². The Morgan fingerprint density at radius 2 is 1.48 bits per heavy atom. The number of rotatable bonds is 5. The lowest BCUT2D eigenvalue weighted by atomic mass is 10.2. The molecular weight excluding hydrogens is 280 g/mol. The van der Waals surface area contributed by atoms with E-state index in [0.717, 1.165) is 0 Å². The van der Waals surface area contributed by atoms with Gasteiger partial charge in [0.05, 0.1) is 13.5 Å². The number of hydrogen-bond donors (Lipinski definition) is 2. The van der Waals surface area contributed by atoms with E-state index >= 15 is 0 Å². The molecule has 21 heavy (non-hydrogen) atoms. The molecule has 0 saturated carbocycles. The number of esters is 1. The van der Waals surface area contributed by atoms with Crippen LogP contribution in [0.4, 0.5) is 0 Å². The first kappa shape index (κ1) is 23.9. The minimum absolute atomic E-state index is 0.296. The molecule has 7 heteroatoms. The number of unbranched alkanes of at least 4 members (excludes halogenated alkanes) is 1. The SMILES string of the molecule is C=C(C)C(=O)OC.C=C(CC(=O)O)C(=O)OO.CCCC. The van der Waals surface area contributed by atoms with Crippen LogP contribution in [-0.2, 0) is 24.0 Å². The monoisotopic (exact) mass is 304 g/mol. The highest BCUT2D eigenvalue weighted by molar-refractivity contribution is 5.92. The van der Waals surface area contributed by atoms with Gasteiger partial charge in [-0.05, 0) is 6.92 Å². The van der Waals surface area contributed by atoms with E-state index in [1.807, 2.05) is 0 Å². The van der Waals surface area contributed by atoms with Gasteiger partial charge in [-0.15, -0.1) is 0 Å². The zero-order chi connectivity index (χ0) is 17.4. The second kappa shape index (κ2) is 15.9. The Morgan fingerprint density at radius 1 is 1.05 bits per heavy atom. The number of hydrogen-bond acceptors (Lipinski definition) is 6. The lowest BCUT2D eigenvalue weighted by molar-refractivity contribution is -0.229. The average Bonchev–Trinajstić information content (AvgIpc) is 2.45. The molecule has 0 aromatic carbocycles. The first-order valence-electron chi connectivity index (χ1n) is 6.16. The van der Waals surface area contributed by atoms with Crippen LogP contribution >= 0.6 is 0 Å². The smallest absolute Gasteiger partial charge is 0.368 e. The highest BCUT2D eigenvalue weighted by atomic mass is 17.1. The number of carboxylic acids is 1. The molecule has 0 aliphatic carbocycles. The maximum absolute atomic E-state index is 10.2. The van der Waals surface area contributed by atoms with Crippen LogP contribution in [0.1, 0.15) is 40.0 Å². The van der Waals surface area contributed by atoms with Gasteiger partial charge in [0.1, 0.15) is 0 Å². The molecule has 0 spiro atoms. The van der Waals surface area contributed by atoms with E-state index in [1.165, 1.54) is 20.0 Å². The number of carboxylic acid groups (broad SMARTS) is 1. The van der Waals surface area contributed by atoms with E-state index in [0.29, 0.717) is 5.57 Å². The van der Waals surface area contributed by atoms with Crippen LogP contribution in [0.25, 0.3) is 0 Å². The van der Waals surface area contributed by atoms with Crippen LogP contribution in [0.3, 0.4) is 0 Å². The minimum Gasteiger partial charge on any atom is -0.481 e. The molecule has 2 N–H and O–H groups in total. The van der Waals surface area contributed by atoms with E-state index in [1.54, 1.807) is 6.92 Å². The van der Waals surface area contributed by atoms with Crippen molar-refractivity contribution in [1.82, 2.24) is 0 Å². The van der Waals surface area contributed by atoms with Gasteiger partial charge in [0.2, 0.25) is 0 Å². The van der Waals surface area contributed by atoms with Gasteiger partial charge in [-0.2, -0.15) is 5.26 Å². The van der Waals surface area contributed by atoms with Gasteiger partial charge >= 0.3 is 17.9 Å². The Balaban J connectivity index is -0.000000256. The molecule has 7 nitrogen and oxygen atoms in total. The summed E-state index contributed by atoms with van der Waals surface area (Å²) in [7, 11) is 1.33. The maximum Gasteiger partial charge on any atom is 0.368 e. The number of aliphatic carboxylic acids is 1. The summed E-state index contributed by atoms with van der Waals surface area (Å²) < 4.78 is 4.27. The van der Waals surface area contributed by atoms with Crippen molar-refractivity contribution < 1.29 is 34.4 Å². The van der Waals surface area contributed by atoms with Gasteiger partial charge in [-0.25, -0.2) is 9.59 Å². The van der Waals surface area contributed by atoms with Crippen LogP contribution in [0, 0.1) is 0 Å². The molecule has 0 heterocycles. The number of carbonyl (C=O) groups is 3. The van der Waals surface area contributed by atoms with Gasteiger partial charge < -0.3 is 9.84 Å². The fraction of sp³-hybridized carbons (Fsp3) is 0.500. The van der Waals surface area contributed by atoms with E-state index in [4.69, 9.17) is 10.4 Å². The summed E-state index contributed by atoms with van der Waals surface area (Å²) in [6.07, 6.45) is 2.11. The number of methoxy groups -OCH3 is 1. The van der Waals surface area contributed by atoms with E-state index in [2.05, 4.69) is 36.6 Å². The lowest BCUT2D eigenvalue weighted by Crippen LogP contribution is -2.08. The van der Waals surface area contributed by atoms with Gasteiger partial charge in [0.25, 0.3) is 0 Å².